The quantitative estimate of drug-likeness (QED) is 0.756. The summed E-state index contributed by atoms with van der Waals surface area (Å²) in [6.07, 6.45) is -4.51. The molecule has 0 aromatic heterocycles. The first-order valence-electron chi connectivity index (χ1n) is 8.46. The maximum Gasteiger partial charge on any atom is 0.416 e. The van der Waals surface area contributed by atoms with Gasteiger partial charge in [-0.1, -0.05) is 18.2 Å². The molecule has 0 unspecified atom stereocenters. The third-order valence-electron chi connectivity index (χ3n) is 4.32. The SMILES string of the molecule is O=S(=O)(c1cc(NCc2ccccc2C(F)(F)F)ccc1F)N1CCOCC1. The zero-order valence-corrected chi connectivity index (χ0v) is 15.5. The molecule has 152 valence electrons. The van der Waals surface area contributed by atoms with Gasteiger partial charge in [-0.3, -0.25) is 0 Å². The van der Waals surface area contributed by atoms with E-state index in [1.807, 2.05) is 0 Å². The summed E-state index contributed by atoms with van der Waals surface area (Å²) in [7, 11) is -4.07. The van der Waals surface area contributed by atoms with Crippen LogP contribution in [0.3, 0.4) is 0 Å². The molecule has 1 heterocycles. The van der Waals surface area contributed by atoms with E-state index in [2.05, 4.69) is 5.32 Å². The van der Waals surface area contributed by atoms with Crippen LogP contribution < -0.4 is 5.32 Å². The van der Waals surface area contributed by atoms with E-state index in [0.29, 0.717) is 0 Å². The maximum absolute atomic E-state index is 14.2. The van der Waals surface area contributed by atoms with Gasteiger partial charge in [0.2, 0.25) is 10.0 Å². The Labute approximate surface area is 160 Å². The van der Waals surface area contributed by atoms with Gasteiger partial charge in [0.1, 0.15) is 10.7 Å². The van der Waals surface area contributed by atoms with Crippen LogP contribution in [0.2, 0.25) is 0 Å². The van der Waals surface area contributed by atoms with Gasteiger partial charge in [-0.05, 0) is 29.8 Å². The largest absolute Gasteiger partial charge is 0.416 e. The van der Waals surface area contributed by atoms with E-state index in [9.17, 15) is 26.0 Å². The van der Waals surface area contributed by atoms with E-state index in [4.69, 9.17) is 4.74 Å². The number of hydrogen-bond donors (Lipinski definition) is 1. The maximum atomic E-state index is 14.2. The standard InChI is InChI=1S/C18H18F4N2O3S/c19-16-6-5-14(11-17(16)28(25,26)24-7-9-27-10-8-24)23-12-13-3-1-2-4-15(13)18(20,21)22/h1-6,11,23H,7-10,12H2. The van der Waals surface area contributed by atoms with Crippen LogP contribution in [-0.2, 0) is 27.5 Å². The summed E-state index contributed by atoms with van der Waals surface area (Å²) in [4.78, 5) is -0.525. The summed E-state index contributed by atoms with van der Waals surface area (Å²) in [5, 5.41) is 2.74. The van der Waals surface area contributed by atoms with E-state index in [0.717, 1.165) is 22.5 Å². The Morgan fingerprint density at radius 1 is 1.07 bits per heavy atom. The molecule has 10 heteroatoms. The lowest BCUT2D eigenvalue weighted by molar-refractivity contribution is -0.138. The third kappa shape index (κ3) is 4.45. The van der Waals surface area contributed by atoms with Crippen molar-refractivity contribution in [2.24, 2.45) is 0 Å². The Bertz CT molecular complexity index is 942. The summed E-state index contributed by atoms with van der Waals surface area (Å²) < 4.78 is 85.0. The molecule has 28 heavy (non-hydrogen) atoms. The number of alkyl halides is 3. The van der Waals surface area contributed by atoms with Gasteiger partial charge in [-0.25, -0.2) is 12.8 Å². The van der Waals surface area contributed by atoms with Crippen molar-refractivity contribution < 1.29 is 30.7 Å². The summed E-state index contributed by atoms with van der Waals surface area (Å²) in [6.45, 7) is 0.454. The lowest BCUT2D eigenvalue weighted by atomic mass is 10.1. The number of ether oxygens (including phenoxy) is 1. The van der Waals surface area contributed by atoms with Gasteiger partial charge in [0.25, 0.3) is 0 Å². The molecule has 2 aromatic rings. The number of hydrogen-bond acceptors (Lipinski definition) is 4. The first-order valence-corrected chi connectivity index (χ1v) is 9.90. The van der Waals surface area contributed by atoms with Crippen molar-refractivity contribution >= 4 is 15.7 Å². The summed E-state index contributed by atoms with van der Waals surface area (Å²) in [6, 6.07) is 8.41. The Balaban J connectivity index is 1.83. The van der Waals surface area contributed by atoms with Crippen LogP contribution in [0.15, 0.2) is 47.4 Å². The van der Waals surface area contributed by atoms with Gasteiger partial charge in [0.15, 0.2) is 0 Å². The fourth-order valence-electron chi connectivity index (χ4n) is 2.89. The van der Waals surface area contributed by atoms with Gasteiger partial charge in [-0.2, -0.15) is 17.5 Å². The first kappa shape index (κ1) is 20.6. The van der Waals surface area contributed by atoms with Gasteiger partial charge >= 0.3 is 6.18 Å². The van der Waals surface area contributed by atoms with Crippen molar-refractivity contribution in [1.29, 1.82) is 0 Å². The summed E-state index contributed by atoms with van der Waals surface area (Å²) in [5.41, 5.74) is -0.590. The number of nitrogens with one attached hydrogen (secondary N) is 1. The minimum atomic E-state index is -4.51. The first-order chi connectivity index (χ1) is 13.2. The van der Waals surface area contributed by atoms with Crippen LogP contribution in [0.5, 0.6) is 0 Å². The molecule has 1 fully saturated rings. The molecule has 2 aromatic carbocycles. The minimum absolute atomic E-state index is 0.00286. The highest BCUT2D eigenvalue weighted by Gasteiger charge is 2.33. The van der Waals surface area contributed by atoms with Crippen molar-refractivity contribution in [3.05, 3.63) is 59.4 Å². The molecule has 1 aliphatic heterocycles. The molecular weight excluding hydrogens is 400 g/mol. The molecule has 0 saturated carbocycles. The fourth-order valence-corrected chi connectivity index (χ4v) is 4.38. The van der Waals surface area contributed by atoms with E-state index in [1.54, 1.807) is 0 Å². The van der Waals surface area contributed by atoms with Crippen molar-refractivity contribution in [1.82, 2.24) is 4.31 Å². The van der Waals surface area contributed by atoms with E-state index >= 15 is 0 Å². The molecule has 0 radical (unpaired) electrons. The molecule has 5 nitrogen and oxygen atoms in total. The predicted octanol–water partition coefficient (Wildman–Crippen LogP) is 3.48. The van der Waals surface area contributed by atoms with E-state index in [1.165, 1.54) is 24.3 Å². The van der Waals surface area contributed by atoms with Crippen LogP contribution in [-0.4, -0.2) is 39.0 Å². The fraction of sp³-hybridized carbons (Fsp3) is 0.333. The Morgan fingerprint density at radius 2 is 1.75 bits per heavy atom. The number of nitrogens with zero attached hydrogens (tertiary/aromatic N) is 1. The summed E-state index contributed by atoms with van der Waals surface area (Å²) in [5.74, 6) is -0.923. The lowest BCUT2D eigenvalue weighted by Crippen LogP contribution is -2.40. The van der Waals surface area contributed by atoms with Crippen LogP contribution >= 0.6 is 0 Å². The molecule has 0 spiro atoms. The lowest BCUT2D eigenvalue weighted by Gasteiger charge is -2.26. The smallest absolute Gasteiger partial charge is 0.381 e. The average Bonchev–Trinajstić information content (AvgIpc) is 2.67. The van der Waals surface area contributed by atoms with Crippen molar-refractivity contribution in [2.75, 3.05) is 31.6 Å². The van der Waals surface area contributed by atoms with Gasteiger partial charge in [-0.15, -0.1) is 0 Å². The second-order valence-corrected chi connectivity index (χ2v) is 8.08. The number of benzene rings is 2. The molecule has 3 rings (SSSR count). The molecule has 1 saturated heterocycles. The van der Waals surface area contributed by atoms with Crippen molar-refractivity contribution in [2.45, 2.75) is 17.6 Å². The molecule has 0 atom stereocenters. The Kier molecular flexibility index (Phi) is 5.92. The molecule has 0 bridgehead atoms. The Hall–Kier alpha value is -2.17. The predicted molar refractivity (Wildman–Crippen MR) is 94.7 cm³/mol. The van der Waals surface area contributed by atoms with Crippen LogP contribution in [0.4, 0.5) is 23.2 Å². The van der Waals surface area contributed by atoms with Gasteiger partial charge in [0.05, 0.1) is 18.8 Å². The van der Waals surface area contributed by atoms with Crippen molar-refractivity contribution in [3.63, 3.8) is 0 Å². The highest BCUT2D eigenvalue weighted by atomic mass is 32.2. The third-order valence-corrected chi connectivity index (χ3v) is 6.24. The average molecular weight is 418 g/mol. The molecule has 0 aliphatic carbocycles. The number of halogens is 4. The van der Waals surface area contributed by atoms with Gasteiger partial charge in [0, 0.05) is 25.3 Å². The molecule has 1 N–H and O–H groups in total. The molecule has 0 amide bonds. The number of anilines is 1. The highest BCUT2D eigenvalue weighted by molar-refractivity contribution is 7.89. The minimum Gasteiger partial charge on any atom is -0.381 e. The number of sulfonamides is 1. The summed E-state index contributed by atoms with van der Waals surface area (Å²) >= 11 is 0. The zero-order chi connectivity index (χ0) is 20.4. The molecule has 1 aliphatic rings. The second-order valence-electron chi connectivity index (χ2n) is 6.17. The van der Waals surface area contributed by atoms with Crippen LogP contribution in [0, 0.1) is 5.82 Å². The topological polar surface area (TPSA) is 58.6 Å². The van der Waals surface area contributed by atoms with Crippen LogP contribution in [0.1, 0.15) is 11.1 Å². The van der Waals surface area contributed by atoms with Crippen LogP contribution in [0.25, 0.3) is 0 Å². The normalized spacial score (nSPS) is 16.1. The number of morpholine rings is 1. The van der Waals surface area contributed by atoms with Gasteiger partial charge < -0.3 is 10.1 Å². The van der Waals surface area contributed by atoms with E-state index < -0.39 is 32.5 Å². The molecular formula is C18H18F4N2O3S. The highest BCUT2D eigenvalue weighted by Crippen LogP contribution is 2.32. The number of rotatable bonds is 5. The van der Waals surface area contributed by atoms with E-state index in [-0.39, 0.29) is 44.1 Å². The monoisotopic (exact) mass is 418 g/mol. The Morgan fingerprint density at radius 3 is 2.43 bits per heavy atom. The van der Waals surface area contributed by atoms with Crippen molar-refractivity contribution in [3.8, 4) is 0 Å². The zero-order valence-electron chi connectivity index (χ0n) is 14.7. The second kappa shape index (κ2) is 8.06.